The number of aromatic nitrogens is 1. The normalized spacial score (nSPS) is 11.9. The third-order valence-corrected chi connectivity index (χ3v) is 4.09. The van der Waals surface area contributed by atoms with E-state index in [1.54, 1.807) is 7.05 Å². The lowest BCUT2D eigenvalue weighted by Crippen LogP contribution is -2.38. The molecule has 2 rings (SSSR count). The number of nitrogens with zero attached hydrogens (tertiary/aromatic N) is 1. The zero-order chi connectivity index (χ0) is 17.2. The van der Waals surface area contributed by atoms with E-state index in [4.69, 9.17) is 16.3 Å². The molecular weight excluding hydrogens is 324 g/mol. The molecular formula is C18H27ClN4O. The third kappa shape index (κ3) is 5.73. The maximum atomic E-state index is 6.09. The Bertz CT molecular complexity index is 654. The topological polar surface area (TPSA) is 61.4 Å². The fraction of sp³-hybridized carbons (Fsp3) is 0.500. The van der Waals surface area contributed by atoms with Gasteiger partial charge in [0.05, 0.1) is 0 Å². The summed E-state index contributed by atoms with van der Waals surface area (Å²) in [5.41, 5.74) is 2.37. The van der Waals surface area contributed by atoms with Crippen molar-refractivity contribution < 1.29 is 4.74 Å². The van der Waals surface area contributed by atoms with Gasteiger partial charge in [-0.15, -0.1) is 0 Å². The first kappa shape index (κ1) is 18.6. The Morgan fingerprint density at radius 2 is 2.08 bits per heavy atom. The standard InChI is InChI=1S/C18H27ClN4O/c1-3-24-11-5-4-9-21-18(20-2)22-10-8-14-13-23-17-7-6-15(19)12-16(14)17/h6-7,12-13,23H,3-5,8-11H2,1-2H3,(H2,20,21,22). The zero-order valence-corrected chi connectivity index (χ0v) is 15.2. The van der Waals surface area contributed by atoms with E-state index >= 15 is 0 Å². The fourth-order valence-corrected chi connectivity index (χ4v) is 2.75. The number of aromatic amines is 1. The van der Waals surface area contributed by atoms with E-state index in [9.17, 15) is 0 Å². The van der Waals surface area contributed by atoms with Crippen molar-refractivity contribution in [3.63, 3.8) is 0 Å². The number of hydrogen-bond donors (Lipinski definition) is 3. The number of unbranched alkanes of at least 4 members (excludes halogenated alkanes) is 1. The number of rotatable bonds is 9. The Labute approximate surface area is 148 Å². The lowest BCUT2D eigenvalue weighted by Gasteiger charge is -2.11. The van der Waals surface area contributed by atoms with Crippen molar-refractivity contribution in [1.29, 1.82) is 0 Å². The summed E-state index contributed by atoms with van der Waals surface area (Å²) < 4.78 is 5.33. The number of hydrogen-bond acceptors (Lipinski definition) is 2. The van der Waals surface area contributed by atoms with Crippen molar-refractivity contribution in [2.75, 3.05) is 33.4 Å². The second kappa shape index (κ2) is 10.2. The van der Waals surface area contributed by atoms with E-state index in [1.165, 1.54) is 10.9 Å². The Kier molecular flexibility index (Phi) is 7.92. The summed E-state index contributed by atoms with van der Waals surface area (Å²) in [6.45, 7) is 5.35. The number of H-pyrrole nitrogens is 1. The monoisotopic (exact) mass is 350 g/mol. The molecule has 1 heterocycles. The summed E-state index contributed by atoms with van der Waals surface area (Å²) in [4.78, 5) is 7.53. The number of ether oxygens (including phenoxy) is 1. The van der Waals surface area contributed by atoms with Crippen LogP contribution in [0, 0.1) is 0 Å². The molecule has 0 atom stereocenters. The number of fused-ring (bicyclic) bond motifs is 1. The minimum atomic E-state index is 0.765. The summed E-state index contributed by atoms with van der Waals surface area (Å²) >= 11 is 6.09. The molecule has 24 heavy (non-hydrogen) atoms. The van der Waals surface area contributed by atoms with Crippen molar-refractivity contribution >= 4 is 28.5 Å². The van der Waals surface area contributed by atoms with Crippen LogP contribution in [0.2, 0.25) is 5.02 Å². The molecule has 3 N–H and O–H groups in total. The van der Waals surface area contributed by atoms with Gasteiger partial charge in [0.15, 0.2) is 5.96 Å². The van der Waals surface area contributed by atoms with Gasteiger partial charge in [-0.1, -0.05) is 11.6 Å². The van der Waals surface area contributed by atoms with Crippen LogP contribution in [0.5, 0.6) is 0 Å². The van der Waals surface area contributed by atoms with Crippen LogP contribution < -0.4 is 10.6 Å². The Balaban J connectivity index is 1.72. The van der Waals surface area contributed by atoms with E-state index in [-0.39, 0.29) is 0 Å². The highest BCUT2D eigenvalue weighted by molar-refractivity contribution is 6.31. The smallest absolute Gasteiger partial charge is 0.190 e. The highest BCUT2D eigenvalue weighted by Crippen LogP contribution is 2.22. The van der Waals surface area contributed by atoms with Gasteiger partial charge < -0.3 is 20.4 Å². The van der Waals surface area contributed by atoms with Crippen LogP contribution in [0.25, 0.3) is 10.9 Å². The predicted octanol–water partition coefficient (Wildman–Crippen LogP) is 3.35. The summed E-state index contributed by atoms with van der Waals surface area (Å²) in [5.74, 6) is 0.837. The van der Waals surface area contributed by atoms with Crippen LogP contribution in [0.4, 0.5) is 0 Å². The first-order chi connectivity index (χ1) is 11.7. The maximum absolute atomic E-state index is 6.09. The Morgan fingerprint density at radius 3 is 2.88 bits per heavy atom. The molecule has 0 amide bonds. The molecule has 0 bridgehead atoms. The Morgan fingerprint density at radius 1 is 1.25 bits per heavy atom. The van der Waals surface area contributed by atoms with Gasteiger partial charge in [0.25, 0.3) is 0 Å². The van der Waals surface area contributed by atoms with Gasteiger partial charge in [0.1, 0.15) is 0 Å². The van der Waals surface area contributed by atoms with Gasteiger partial charge in [0, 0.05) is 55.5 Å². The second-order valence-corrected chi connectivity index (χ2v) is 6.02. The minimum Gasteiger partial charge on any atom is -0.382 e. The summed E-state index contributed by atoms with van der Waals surface area (Å²) in [6.07, 6.45) is 5.09. The molecule has 132 valence electrons. The maximum Gasteiger partial charge on any atom is 0.190 e. The van der Waals surface area contributed by atoms with Gasteiger partial charge in [-0.25, -0.2) is 0 Å². The number of benzene rings is 1. The number of aliphatic imine (C=N–C) groups is 1. The molecule has 2 aromatic rings. The molecule has 0 spiro atoms. The highest BCUT2D eigenvalue weighted by atomic mass is 35.5. The molecule has 0 saturated heterocycles. The van der Waals surface area contributed by atoms with Crippen molar-refractivity contribution in [3.8, 4) is 0 Å². The van der Waals surface area contributed by atoms with Gasteiger partial charge in [-0.3, -0.25) is 4.99 Å². The minimum absolute atomic E-state index is 0.765. The zero-order valence-electron chi connectivity index (χ0n) is 14.5. The van der Waals surface area contributed by atoms with Crippen LogP contribution >= 0.6 is 11.6 Å². The van der Waals surface area contributed by atoms with Gasteiger partial charge in [-0.05, 0) is 49.9 Å². The molecule has 0 aliphatic carbocycles. The molecule has 6 heteroatoms. The van der Waals surface area contributed by atoms with Gasteiger partial charge in [0.2, 0.25) is 0 Å². The largest absolute Gasteiger partial charge is 0.382 e. The third-order valence-electron chi connectivity index (χ3n) is 3.85. The van der Waals surface area contributed by atoms with Crippen LogP contribution in [0.1, 0.15) is 25.3 Å². The summed E-state index contributed by atoms with van der Waals surface area (Å²) in [6, 6.07) is 5.92. The molecule has 0 saturated carbocycles. The van der Waals surface area contributed by atoms with E-state index in [2.05, 4.69) is 20.6 Å². The molecule has 0 radical (unpaired) electrons. The second-order valence-electron chi connectivity index (χ2n) is 5.58. The van der Waals surface area contributed by atoms with Crippen molar-refractivity contribution in [1.82, 2.24) is 15.6 Å². The Hall–Kier alpha value is -1.72. The fourth-order valence-electron chi connectivity index (χ4n) is 2.57. The van der Waals surface area contributed by atoms with Gasteiger partial charge >= 0.3 is 0 Å². The van der Waals surface area contributed by atoms with E-state index in [0.717, 1.165) is 62.1 Å². The molecule has 0 aliphatic heterocycles. The van der Waals surface area contributed by atoms with Crippen LogP contribution in [-0.4, -0.2) is 44.3 Å². The number of nitrogens with one attached hydrogen (secondary N) is 3. The SMILES string of the molecule is CCOCCCCNC(=NC)NCCc1c[nH]c2ccc(Cl)cc12. The molecule has 1 aromatic carbocycles. The molecule has 1 aromatic heterocycles. The van der Waals surface area contributed by atoms with Crippen molar-refractivity contribution in [3.05, 3.63) is 35.0 Å². The molecule has 5 nitrogen and oxygen atoms in total. The molecule has 0 fully saturated rings. The number of guanidine groups is 1. The van der Waals surface area contributed by atoms with E-state index in [0.29, 0.717) is 0 Å². The lowest BCUT2D eigenvalue weighted by molar-refractivity contribution is 0.143. The van der Waals surface area contributed by atoms with Crippen molar-refractivity contribution in [2.45, 2.75) is 26.2 Å². The van der Waals surface area contributed by atoms with E-state index in [1.807, 2.05) is 31.3 Å². The summed E-state index contributed by atoms with van der Waals surface area (Å²) in [5, 5.41) is 8.63. The average molecular weight is 351 g/mol. The first-order valence-electron chi connectivity index (χ1n) is 8.52. The molecule has 0 aliphatic rings. The lowest BCUT2D eigenvalue weighted by atomic mass is 10.1. The van der Waals surface area contributed by atoms with Crippen LogP contribution in [0.15, 0.2) is 29.4 Å². The summed E-state index contributed by atoms with van der Waals surface area (Å²) in [7, 11) is 1.79. The average Bonchev–Trinajstić information content (AvgIpc) is 2.98. The molecule has 0 unspecified atom stereocenters. The van der Waals surface area contributed by atoms with Crippen LogP contribution in [-0.2, 0) is 11.2 Å². The van der Waals surface area contributed by atoms with Crippen LogP contribution in [0.3, 0.4) is 0 Å². The number of halogens is 1. The van der Waals surface area contributed by atoms with Crippen molar-refractivity contribution in [2.24, 2.45) is 4.99 Å². The van der Waals surface area contributed by atoms with Gasteiger partial charge in [-0.2, -0.15) is 0 Å². The highest BCUT2D eigenvalue weighted by Gasteiger charge is 2.05. The predicted molar refractivity (Wildman–Crippen MR) is 102 cm³/mol. The quantitative estimate of drug-likeness (QED) is 0.369. The van der Waals surface area contributed by atoms with E-state index < -0.39 is 0 Å². The first-order valence-corrected chi connectivity index (χ1v) is 8.90.